The summed E-state index contributed by atoms with van der Waals surface area (Å²) in [6, 6.07) is 1.42. The standard InChI is InChI=1S/C17H26FN3O2/c1-17(6-11-3-15(23-2)4-12(11)7-17)20-9-16(22)21-10-13(18)5-14(21)8-19/h11-15,20H,3-7,9-10H2,1-2H3/t11-,12+,13-,14-,15-,17-/m0/s1. The molecule has 0 unspecified atom stereocenters. The van der Waals surface area contributed by atoms with Gasteiger partial charge in [0.15, 0.2) is 0 Å². The van der Waals surface area contributed by atoms with Crippen molar-refractivity contribution in [2.24, 2.45) is 11.8 Å². The summed E-state index contributed by atoms with van der Waals surface area (Å²) in [4.78, 5) is 13.7. The maximum atomic E-state index is 13.4. The lowest BCUT2D eigenvalue weighted by Gasteiger charge is -2.29. The maximum absolute atomic E-state index is 13.4. The minimum atomic E-state index is -1.07. The average molecular weight is 323 g/mol. The molecule has 1 heterocycles. The molecule has 0 spiro atoms. The van der Waals surface area contributed by atoms with Crippen LogP contribution in [0.2, 0.25) is 0 Å². The van der Waals surface area contributed by atoms with E-state index < -0.39 is 12.2 Å². The van der Waals surface area contributed by atoms with Crippen LogP contribution in [0.3, 0.4) is 0 Å². The van der Waals surface area contributed by atoms with Crippen LogP contribution in [-0.4, -0.2) is 54.9 Å². The molecule has 0 radical (unpaired) electrons. The van der Waals surface area contributed by atoms with E-state index >= 15 is 0 Å². The molecule has 1 N–H and O–H groups in total. The van der Waals surface area contributed by atoms with Crippen LogP contribution >= 0.6 is 0 Å². The summed E-state index contributed by atoms with van der Waals surface area (Å²) in [6.45, 7) is 2.41. The molecular weight excluding hydrogens is 297 g/mol. The normalized spacial score (nSPS) is 42.7. The van der Waals surface area contributed by atoms with Crippen molar-refractivity contribution in [3.63, 3.8) is 0 Å². The number of halogens is 1. The fraction of sp³-hybridized carbons (Fsp3) is 0.882. The molecule has 2 saturated carbocycles. The van der Waals surface area contributed by atoms with E-state index in [1.54, 1.807) is 7.11 Å². The van der Waals surface area contributed by atoms with Crippen molar-refractivity contribution in [2.45, 2.75) is 62.9 Å². The minimum absolute atomic E-state index is 0.0410. The summed E-state index contributed by atoms with van der Waals surface area (Å²) in [5, 5.41) is 12.4. The number of hydrogen-bond acceptors (Lipinski definition) is 4. The van der Waals surface area contributed by atoms with Crippen molar-refractivity contribution in [1.82, 2.24) is 10.2 Å². The zero-order valence-corrected chi connectivity index (χ0v) is 13.9. The molecule has 2 aliphatic carbocycles. The topological polar surface area (TPSA) is 65.4 Å². The first-order valence-corrected chi connectivity index (χ1v) is 8.55. The molecule has 6 atom stereocenters. The van der Waals surface area contributed by atoms with Crippen molar-refractivity contribution in [3.05, 3.63) is 0 Å². The Labute approximate surface area is 137 Å². The van der Waals surface area contributed by atoms with E-state index in [4.69, 9.17) is 10.00 Å². The monoisotopic (exact) mass is 323 g/mol. The summed E-state index contributed by atoms with van der Waals surface area (Å²) in [6.07, 6.45) is 3.78. The number of fused-ring (bicyclic) bond motifs is 1. The highest BCUT2D eigenvalue weighted by molar-refractivity contribution is 5.79. The van der Waals surface area contributed by atoms with Gasteiger partial charge in [-0.05, 0) is 44.4 Å². The summed E-state index contributed by atoms with van der Waals surface area (Å²) in [7, 11) is 1.78. The number of nitrogens with one attached hydrogen (secondary N) is 1. The number of carbonyl (C=O) groups excluding carboxylic acids is 1. The van der Waals surface area contributed by atoms with Crippen LogP contribution < -0.4 is 5.32 Å². The number of amides is 1. The van der Waals surface area contributed by atoms with E-state index in [1.165, 1.54) is 4.90 Å². The Morgan fingerprint density at radius 2 is 2.04 bits per heavy atom. The highest BCUT2D eigenvalue weighted by Crippen LogP contribution is 2.49. The lowest BCUT2D eigenvalue weighted by molar-refractivity contribution is -0.130. The van der Waals surface area contributed by atoms with Gasteiger partial charge in [-0.2, -0.15) is 5.26 Å². The Balaban J connectivity index is 1.51. The van der Waals surface area contributed by atoms with Gasteiger partial charge in [-0.25, -0.2) is 4.39 Å². The maximum Gasteiger partial charge on any atom is 0.237 e. The van der Waals surface area contributed by atoms with Gasteiger partial charge >= 0.3 is 0 Å². The summed E-state index contributed by atoms with van der Waals surface area (Å²) in [5.41, 5.74) is -0.0410. The van der Waals surface area contributed by atoms with Crippen molar-refractivity contribution in [1.29, 1.82) is 5.26 Å². The van der Waals surface area contributed by atoms with Crippen LogP contribution in [0.5, 0.6) is 0 Å². The molecule has 128 valence electrons. The zero-order valence-electron chi connectivity index (χ0n) is 13.9. The number of alkyl halides is 1. The number of methoxy groups -OCH3 is 1. The van der Waals surface area contributed by atoms with Crippen molar-refractivity contribution in [2.75, 3.05) is 20.2 Å². The van der Waals surface area contributed by atoms with Gasteiger partial charge in [-0.3, -0.25) is 4.79 Å². The minimum Gasteiger partial charge on any atom is -0.381 e. The number of ether oxygens (including phenoxy) is 1. The second kappa shape index (κ2) is 6.37. The molecule has 0 aromatic rings. The number of hydrogen-bond donors (Lipinski definition) is 1. The molecule has 5 nitrogen and oxygen atoms in total. The van der Waals surface area contributed by atoms with Gasteiger partial charge in [0.1, 0.15) is 12.2 Å². The average Bonchev–Trinajstić information content (AvgIpc) is 3.15. The largest absolute Gasteiger partial charge is 0.381 e. The highest BCUT2D eigenvalue weighted by Gasteiger charge is 2.47. The van der Waals surface area contributed by atoms with E-state index in [0.717, 1.165) is 25.7 Å². The van der Waals surface area contributed by atoms with E-state index in [-0.39, 0.29) is 31.0 Å². The molecule has 3 rings (SSSR count). The number of likely N-dealkylation sites (tertiary alicyclic amines) is 1. The summed E-state index contributed by atoms with van der Waals surface area (Å²) < 4.78 is 18.9. The van der Waals surface area contributed by atoms with Gasteiger partial charge < -0.3 is 15.0 Å². The predicted octanol–water partition coefficient (Wildman–Crippen LogP) is 1.63. The molecule has 0 aromatic heterocycles. The smallest absolute Gasteiger partial charge is 0.237 e. The molecule has 3 fully saturated rings. The molecule has 1 amide bonds. The van der Waals surface area contributed by atoms with Crippen molar-refractivity contribution < 1.29 is 13.9 Å². The van der Waals surface area contributed by atoms with Crippen molar-refractivity contribution >= 4 is 5.91 Å². The Hall–Kier alpha value is -1.19. The molecule has 23 heavy (non-hydrogen) atoms. The Bertz CT molecular complexity index is 493. The van der Waals surface area contributed by atoms with E-state index in [0.29, 0.717) is 17.9 Å². The molecule has 6 heteroatoms. The zero-order chi connectivity index (χ0) is 16.6. The quantitative estimate of drug-likeness (QED) is 0.854. The SMILES string of the molecule is CO[C@@H]1C[C@@H]2C[C@@](C)(NCC(=O)N3C[C@@H](F)C[C@H]3C#N)C[C@@H]2C1. The molecule has 1 aliphatic heterocycles. The van der Waals surface area contributed by atoms with Crippen LogP contribution in [0.25, 0.3) is 0 Å². The predicted molar refractivity (Wildman–Crippen MR) is 83.3 cm³/mol. The Morgan fingerprint density at radius 3 is 2.61 bits per heavy atom. The van der Waals surface area contributed by atoms with Crippen LogP contribution in [0.15, 0.2) is 0 Å². The van der Waals surface area contributed by atoms with Gasteiger partial charge in [0.25, 0.3) is 0 Å². The third-order valence-electron chi connectivity index (χ3n) is 5.94. The van der Waals surface area contributed by atoms with Gasteiger partial charge in [-0.15, -0.1) is 0 Å². The first-order valence-electron chi connectivity index (χ1n) is 8.55. The molecule has 0 bridgehead atoms. The summed E-state index contributed by atoms with van der Waals surface area (Å²) in [5.74, 6) is 1.17. The molecular formula is C17H26FN3O2. The van der Waals surface area contributed by atoms with Crippen molar-refractivity contribution in [3.8, 4) is 6.07 Å². The van der Waals surface area contributed by atoms with Gasteiger partial charge in [-0.1, -0.05) is 0 Å². The number of nitriles is 1. The first kappa shape index (κ1) is 16.7. The Morgan fingerprint density at radius 1 is 1.39 bits per heavy atom. The van der Waals surface area contributed by atoms with E-state index in [1.807, 2.05) is 6.07 Å². The lowest BCUT2D eigenvalue weighted by atomic mass is 9.95. The van der Waals surface area contributed by atoms with Crippen LogP contribution in [0.4, 0.5) is 4.39 Å². The molecule has 0 aromatic carbocycles. The van der Waals surface area contributed by atoms with Crippen LogP contribution in [0.1, 0.15) is 39.0 Å². The van der Waals surface area contributed by atoms with Gasteiger partial charge in [0.05, 0.1) is 25.3 Å². The Kier molecular flexibility index (Phi) is 4.61. The fourth-order valence-electron chi connectivity index (χ4n) is 4.81. The highest BCUT2D eigenvalue weighted by atomic mass is 19.1. The second-order valence-corrected chi connectivity index (χ2v) is 7.70. The second-order valence-electron chi connectivity index (χ2n) is 7.70. The van der Waals surface area contributed by atoms with Gasteiger partial charge in [0, 0.05) is 19.1 Å². The summed E-state index contributed by atoms with van der Waals surface area (Å²) >= 11 is 0. The lowest BCUT2D eigenvalue weighted by Crippen LogP contribution is -2.48. The van der Waals surface area contributed by atoms with Crippen LogP contribution in [-0.2, 0) is 9.53 Å². The molecule has 3 aliphatic rings. The van der Waals surface area contributed by atoms with E-state index in [9.17, 15) is 9.18 Å². The first-order chi connectivity index (χ1) is 10.9. The third-order valence-corrected chi connectivity index (χ3v) is 5.94. The number of rotatable bonds is 4. The van der Waals surface area contributed by atoms with Gasteiger partial charge in [0.2, 0.25) is 5.91 Å². The number of carbonyl (C=O) groups is 1. The third kappa shape index (κ3) is 3.36. The number of nitrogens with zero attached hydrogens (tertiary/aromatic N) is 2. The van der Waals surface area contributed by atoms with Crippen LogP contribution in [0, 0.1) is 23.2 Å². The van der Waals surface area contributed by atoms with E-state index in [2.05, 4.69) is 12.2 Å². The molecule has 1 saturated heterocycles. The fourth-order valence-corrected chi connectivity index (χ4v) is 4.81.